The zero-order chi connectivity index (χ0) is 15.8. The second kappa shape index (κ2) is 8.22. The lowest BCUT2D eigenvalue weighted by atomic mass is 10.2. The molecule has 1 heterocycles. The average Bonchev–Trinajstić information content (AvgIpc) is 2.55. The van der Waals surface area contributed by atoms with Crippen molar-refractivity contribution < 1.29 is 4.74 Å². The second-order valence-corrected chi connectivity index (χ2v) is 5.14. The monoisotopic (exact) mass is 300 g/mol. The van der Waals surface area contributed by atoms with Gasteiger partial charge >= 0.3 is 0 Å². The van der Waals surface area contributed by atoms with E-state index in [1.165, 1.54) is 5.56 Å². The van der Waals surface area contributed by atoms with Gasteiger partial charge in [0, 0.05) is 13.0 Å². The van der Waals surface area contributed by atoms with Crippen molar-refractivity contribution in [1.82, 2.24) is 9.97 Å². The van der Waals surface area contributed by atoms with Crippen LogP contribution in [0.3, 0.4) is 0 Å². The predicted molar refractivity (Wildman–Crippen MR) is 90.0 cm³/mol. The van der Waals surface area contributed by atoms with E-state index in [0.29, 0.717) is 30.5 Å². The molecule has 0 bridgehead atoms. The summed E-state index contributed by atoms with van der Waals surface area (Å²) in [6, 6.07) is 10.1. The van der Waals surface area contributed by atoms with Gasteiger partial charge in [-0.15, -0.1) is 0 Å². The fourth-order valence-electron chi connectivity index (χ4n) is 2.05. The highest BCUT2D eigenvalue weighted by atomic mass is 16.5. The van der Waals surface area contributed by atoms with Gasteiger partial charge in [-0.1, -0.05) is 44.2 Å². The third kappa shape index (κ3) is 4.35. The maximum Gasteiger partial charge on any atom is 0.242 e. The summed E-state index contributed by atoms with van der Waals surface area (Å²) in [6.45, 7) is 5.42. The minimum atomic E-state index is 0.476. The van der Waals surface area contributed by atoms with Crippen molar-refractivity contribution in [3.05, 3.63) is 41.7 Å². The van der Waals surface area contributed by atoms with Crippen LogP contribution in [0.25, 0.3) is 0 Å². The topological polar surface area (TPSA) is 73.1 Å². The lowest BCUT2D eigenvalue weighted by molar-refractivity contribution is 0.305. The molecule has 0 fully saturated rings. The molecule has 0 aliphatic carbocycles. The van der Waals surface area contributed by atoms with Gasteiger partial charge in [-0.25, -0.2) is 4.98 Å². The number of hydrogen-bond acceptors (Lipinski definition) is 5. The van der Waals surface area contributed by atoms with Gasteiger partial charge in [0.2, 0.25) is 5.88 Å². The van der Waals surface area contributed by atoms with Crippen LogP contribution in [0.4, 0.5) is 11.5 Å². The Labute approximate surface area is 131 Å². The highest BCUT2D eigenvalue weighted by Crippen LogP contribution is 2.27. The number of nitrogen functional groups attached to an aromatic ring is 1. The summed E-state index contributed by atoms with van der Waals surface area (Å²) in [4.78, 5) is 8.94. The molecule has 0 atom stereocenters. The molecular weight excluding hydrogens is 276 g/mol. The van der Waals surface area contributed by atoms with E-state index in [2.05, 4.69) is 41.3 Å². The molecule has 0 aliphatic heterocycles. The van der Waals surface area contributed by atoms with Crippen LogP contribution in [0, 0.1) is 0 Å². The predicted octanol–water partition coefficient (Wildman–Crippen LogP) is 3.41. The van der Waals surface area contributed by atoms with E-state index in [9.17, 15) is 0 Å². The number of ether oxygens (including phenoxy) is 1. The molecule has 1 aromatic heterocycles. The van der Waals surface area contributed by atoms with E-state index in [4.69, 9.17) is 10.5 Å². The molecule has 0 radical (unpaired) electrons. The minimum Gasteiger partial charge on any atom is -0.476 e. The fourth-order valence-corrected chi connectivity index (χ4v) is 2.05. The number of aromatic nitrogens is 2. The maximum atomic E-state index is 6.14. The standard InChI is InChI=1S/C17H24N4O/c1-3-8-14-20-16(15(18)17(21-14)22-11-4-2)19-12-13-9-6-5-7-10-13/h5-7,9-10H,3-4,8,11-12,18H2,1-2H3,(H,19,20,21). The molecule has 5 nitrogen and oxygen atoms in total. The van der Waals surface area contributed by atoms with Crippen LogP contribution in [0.15, 0.2) is 30.3 Å². The van der Waals surface area contributed by atoms with E-state index in [0.717, 1.165) is 25.1 Å². The van der Waals surface area contributed by atoms with Gasteiger partial charge in [0.1, 0.15) is 11.5 Å². The molecule has 3 N–H and O–H groups in total. The van der Waals surface area contributed by atoms with Crippen molar-refractivity contribution in [3.8, 4) is 5.88 Å². The van der Waals surface area contributed by atoms with Crippen LogP contribution in [-0.4, -0.2) is 16.6 Å². The molecule has 1 aromatic carbocycles. The van der Waals surface area contributed by atoms with E-state index in [1.54, 1.807) is 0 Å². The Balaban J connectivity index is 2.18. The van der Waals surface area contributed by atoms with Gasteiger partial charge in [-0.05, 0) is 18.4 Å². The number of benzene rings is 1. The number of nitrogens with one attached hydrogen (secondary N) is 1. The Bertz CT molecular complexity index is 587. The molecule has 2 aromatic rings. The van der Waals surface area contributed by atoms with Crippen molar-refractivity contribution >= 4 is 11.5 Å². The van der Waals surface area contributed by atoms with Gasteiger partial charge in [0.15, 0.2) is 5.82 Å². The number of aryl methyl sites for hydroxylation is 1. The molecule has 22 heavy (non-hydrogen) atoms. The summed E-state index contributed by atoms with van der Waals surface area (Å²) in [7, 11) is 0. The Morgan fingerprint density at radius 2 is 1.86 bits per heavy atom. The third-order valence-corrected chi connectivity index (χ3v) is 3.18. The van der Waals surface area contributed by atoms with Crippen LogP contribution in [-0.2, 0) is 13.0 Å². The van der Waals surface area contributed by atoms with Gasteiger partial charge in [0.05, 0.1) is 6.61 Å². The molecule has 0 aliphatic rings. The highest BCUT2D eigenvalue weighted by molar-refractivity contribution is 5.67. The van der Waals surface area contributed by atoms with Crippen LogP contribution in [0.2, 0.25) is 0 Å². The summed E-state index contributed by atoms with van der Waals surface area (Å²) < 4.78 is 5.65. The van der Waals surface area contributed by atoms with Gasteiger partial charge < -0.3 is 15.8 Å². The Morgan fingerprint density at radius 3 is 2.55 bits per heavy atom. The highest BCUT2D eigenvalue weighted by Gasteiger charge is 2.12. The molecule has 118 valence electrons. The number of hydrogen-bond donors (Lipinski definition) is 2. The van der Waals surface area contributed by atoms with Gasteiger partial charge in [-0.2, -0.15) is 4.98 Å². The smallest absolute Gasteiger partial charge is 0.242 e. The van der Waals surface area contributed by atoms with Crippen molar-refractivity contribution in [2.75, 3.05) is 17.7 Å². The van der Waals surface area contributed by atoms with E-state index in [1.807, 2.05) is 18.2 Å². The van der Waals surface area contributed by atoms with Crippen molar-refractivity contribution in [2.45, 2.75) is 39.7 Å². The van der Waals surface area contributed by atoms with Crippen molar-refractivity contribution in [3.63, 3.8) is 0 Å². The molecule has 5 heteroatoms. The fraction of sp³-hybridized carbons (Fsp3) is 0.412. The van der Waals surface area contributed by atoms with E-state index < -0.39 is 0 Å². The summed E-state index contributed by atoms with van der Waals surface area (Å²) >= 11 is 0. The van der Waals surface area contributed by atoms with Crippen LogP contribution in [0.1, 0.15) is 38.1 Å². The zero-order valence-electron chi connectivity index (χ0n) is 13.3. The van der Waals surface area contributed by atoms with Crippen LogP contribution < -0.4 is 15.8 Å². The quantitative estimate of drug-likeness (QED) is 0.781. The minimum absolute atomic E-state index is 0.476. The second-order valence-electron chi connectivity index (χ2n) is 5.14. The molecule has 0 spiro atoms. The summed E-state index contributed by atoms with van der Waals surface area (Å²) in [5.41, 5.74) is 7.79. The lowest BCUT2D eigenvalue weighted by Gasteiger charge is -2.14. The molecule has 0 unspecified atom stereocenters. The van der Waals surface area contributed by atoms with Crippen molar-refractivity contribution in [2.24, 2.45) is 0 Å². The third-order valence-electron chi connectivity index (χ3n) is 3.18. The van der Waals surface area contributed by atoms with E-state index in [-0.39, 0.29) is 0 Å². The molecule has 2 rings (SSSR count). The van der Waals surface area contributed by atoms with Crippen molar-refractivity contribution in [1.29, 1.82) is 0 Å². The Kier molecular flexibility index (Phi) is 6.01. The summed E-state index contributed by atoms with van der Waals surface area (Å²) in [5.74, 6) is 1.89. The molecule has 0 saturated carbocycles. The summed E-state index contributed by atoms with van der Waals surface area (Å²) in [6.07, 6.45) is 2.71. The van der Waals surface area contributed by atoms with Crippen LogP contribution >= 0.6 is 0 Å². The first-order valence-electron chi connectivity index (χ1n) is 7.81. The largest absolute Gasteiger partial charge is 0.476 e. The lowest BCUT2D eigenvalue weighted by Crippen LogP contribution is -2.11. The maximum absolute atomic E-state index is 6.14. The average molecular weight is 300 g/mol. The molecular formula is C17H24N4O. The normalized spacial score (nSPS) is 10.5. The molecule has 0 saturated heterocycles. The van der Waals surface area contributed by atoms with Gasteiger partial charge in [-0.3, -0.25) is 0 Å². The SMILES string of the molecule is CCCOc1nc(CCC)nc(NCc2ccccc2)c1N. The van der Waals surface area contributed by atoms with E-state index >= 15 is 0 Å². The first kappa shape index (κ1) is 16.1. The number of nitrogens with zero attached hydrogens (tertiary/aromatic N) is 2. The number of rotatable bonds is 8. The Hall–Kier alpha value is -2.30. The first-order valence-corrected chi connectivity index (χ1v) is 7.81. The summed E-state index contributed by atoms with van der Waals surface area (Å²) in [5, 5.41) is 3.29. The molecule has 0 amide bonds. The zero-order valence-corrected chi connectivity index (χ0v) is 13.3. The Morgan fingerprint density at radius 1 is 1.09 bits per heavy atom. The number of anilines is 2. The number of nitrogens with two attached hydrogens (primary N) is 1. The van der Waals surface area contributed by atoms with Crippen LogP contribution in [0.5, 0.6) is 5.88 Å². The first-order chi connectivity index (χ1) is 10.7. The van der Waals surface area contributed by atoms with Gasteiger partial charge in [0.25, 0.3) is 0 Å².